The fourth-order valence-corrected chi connectivity index (χ4v) is 2.92. The van der Waals surface area contributed by atoms with Gasteiger partial charge in [0.1, 0.15) is 0 Å². The number of nitrogens with one attached hydrogen (secondary N) is 1. The number of hydrogen-bond donors (Lipinski definition) is 1. The summed E-state index contributed by atoms with van der Waals surface area (Å²) < 4.78 is 4.78. The third-order valence-electron chi connectivity index (χ3n) is 4.33. The molecule has 0 aliphatic rings. The van der Waals surface area contributed by atoms with E-state index in [1.807, 2.05) is 54.6 Å². The first-order valence-corrected chi connectivity index (χ1v) is 8.95. The van der Waals surface area contributed by atoms with Crippen molar-refractivity contribution < 1.29 is 14.3 Å². The summed E-state index contributed by atoms with van der Waals surface area (Å²) in [5, 5.41) is 3.00. The van der Waals surface area contributed by atoms with Crippen LogP contribution in [0, 0.1) is 0 Å². The van der Waals surface area contributed by atoms with Crippen LogP contribution in [0.15, 0.2) is 91.1 Å². The lowest BCUT2D eigenvalue weighted by Crippen LogP contribution is -2.06. The summed E-state index contributed by atoms with van der Waals surface area (Å²) in [5.74, 6) is -0.536. The van der Waals surface area contributed by atoms with Gasteiger partial charge in [0, 0.05) is 17.8 Å². The highest BCUT2D eigenvalue weighted by Crippen LogP contribution is 2.17. The summed E-state index contributed by atoms with van der Waals surface area (Å²) in [4.78, 5) is 24.5. The number of ketones is 1. The Kier molecular flexibility index (Phi) is 6.37. The van der Waals surface area contributed by atoms with Crippen molar-refractivity contribution in [2.75, 3.05) is 12.4 Å². The highest BCUT2D eigenvalue weighted by molar-refractivity contribution is 6.06. The van der Waals surface area contributed by atoms with E-state index in [-0.39, 0.29) is 5.78 Å². The van der Waals surface area contributed by atoms with Crippen molar-refractivity contribution in [2.45, 2.75) is 6.42 Å². The van der Waals surface area contributed by atoms with E-state index in [4.69, 9.17) is 4.74 Å². The van der Waals surface area contributed by atoms with E-state index in [9.17, 15) is 9.59 Å². The zero-order valence-electron chi connectivity index (χ0n) is 15.6. The number of esters is 1. The Morgan fingerprint density at radius 1 is 0.857 bits per heavy atom. The second-order valence-corrected chi connectivity index (χ2v) is 6.20. The molecule has 0 saturated heterocycles. The Morgan fingerprint density at radius 3 is 2.25 bits per heavy atom. The minimum atomic E-state index is -0.434. The topological polar surface area (TPSA) is 55.4 Å². The number of ether oxygens (including phenoxy) is 1. The molecule has 0 bridgehead atoms. The number of carbonyl (C=O) groups excluding carboxylic acids is 2. The number of hydrogen-bond acceptors (Lipinski definition) is 4. The van der Waals surface area contributed by atoms with Gasteiger partial charge in [-0.05, 0) is 29.7 Å². The maximum Gasteiger partial charge on any atom is 0.339 e. The van der Waals surface area contributed by atoms with Crippen molar-refractivity contribution in [2.24, 2.45) is 0 Å². The van der Waals surface area contributed by atoms with Crippen molar-refractivity contribution in [1.82, 2.24) is 0 Å². The quantitative estimate of drug-likeness (QED) is 0.366. The Bertz CT molecular complexity index is 993. The summed E-state index contributed by atoms with van der Waals surface area (Å²) >= 11 is 0. The maximum absolute atomic E-state index is 12.7. The van der Waals surface area contributed by atoms with Gasteiger partial charge in [0.15, 0.2) is 5.78 Å². The van der Waals surface area contributed by atoms with Gasteiger partial charge in [0.05, 0.1) is 18.4 Å². The number of rotatable bonds is 7. The Labute approximate surface area is 164 Å². The largest absolute Gasteiger partial charge is 0.465 e. The number of carbonyl (C=O) groups is 2. The summed E-state index contributed by atoms with van der Waals surface area (Å²) in [6, 6.07) is 24.6. The molecule has 0 saturated carbocycles. The van der Waals surface area contributed by atoms with E-state index >= 15 is 0 Å². The minimum Gasteiger partial charge on any atom is -0.465 e. The van der Waals surface area contributed by atoms with Crippen LogP contribution in [0.3, 0.4) is 0 Å². The molecule has 0 aromatic heterocycles. The monoisotopic (exact) mass is 371 g/mol. The number of benzene rings is 3. The van der Waals surface area contributed by atoms with Gasteiger partial charge in [-0.25, -0.2) is 4.79 Å². The molecule has 4 nitrogen and oxygen atoms in total. The van der Waals surface area contributed by atoms with Gasteiger partial charge in [-0.1, -0.05) is 66.7 Å². The molecule has 3 aromatic carbocycles. The number of anilines is 1. The molecule has 0 fully saturated rings. The SMILES string of the molecule is COC(=O)c1ccccc1N/C=C/C(=O)c1ccccc1Cc1ccccc1. The summed E-state index contributed by atoms with van der Waals surface area (Å²) in [7, 11) is 1.34. The first-order chi connectivity index (χ1) is 13.7. The second-order valence-electron chi connectivity index (χ2n) is 6.20. The molecule has 3 aromatic rings. The molecule has 28 heavy (non-hydrogen) atoms. The Hall–Kier alpha value is -3.66. The first kappa shape index (κ1) is 19.1. The minimum absolute atomic E-state index is 0.102. The van der Waals surface area contributed by atoms with Crippen molar-refractivity contribution >= 4 is 17.4 Å². The average molecular weight is 371 g/mol. The highest BCUT2D eigenvalue weighted by atomic mass is 16.5. The average Bonchev–Trinajstić information content (AvgIpc) is 2.74. The van der Waals surface area contributed by atoms with Crippen molar-refractivity contribution in [3.63, 3.8) is 0 Å². The van der Waals surface area contributed by atoms with Crippen molar-refractivity contribution in [3.8, 4) is 0 Å². The molecule has 4 heteroatoms. The van der Waals surface area contributed by atoms with Crippen LogP contribution in [0.1, 0.15) is 31.8 Å². The van der Waals surface area contributed by atoms with Crippen LogP contribution < -0.4 is 5.32 Å². The van der Waals surface area contributed by atoms with E-state index in [0.717, 1.165) is 11.1 Å². The predicted molar refractivity (Wildman–Crippen MR) is 111 cm³/mol. The van der Waals surface area contributed by atoms with Gasteiger partial charge < -0.3 is 10.1 Å². The van der Waals surface area contributed by atoms with Crippen LogP contribution in [0.4, 0.5) is 5.69 Å². The predicted octanol–water partition coefficient (Wildman–Crippen LogP) is 4.87. The molecule has 3 rings (SSSR count). The Balaban J connectivity index is 1.75. The first-order valence-electron chi connectivity index (χ1n) is 8.95. The van der Waals surface area contributed by atoms with Gasteiger partial charge in [-0.15, -0.1) is 0 Å². The summed E-state index contributed by atoms with van der Waals surface area (Å²) in [6.45, 7) is 0. The fraction of sp³-hybridized carbons (Fsp3) is 0.0833. The van der Waals surface area contributed by atoms with E-state index in [0.29, 0.717) is 23.2 Å². The van der Waals surface area contributed by atoms with Gasteiger partial charge in [0.2, 0.25) is 0 Å². The van der Waals surface area contributed by atoms with Gasteiger partial charge in [-0.2, -0.15) is 0 Å². The standard InChI is InChI=1S/C24H21NO3/c1-28-24(27)21-13-7-8-14-22(21)25-16-15-23(26)20-12-6-5-11-19(20)17-18-9-3-2-4-10-18/h2-16,25H,17H2,1H3/b16-15+. The van der Waals surface area contributed by atoms with E-state index in [1.165, 1.54) is 13.2 Å². The Morgan fingerprint density at radius 2 is 1.50 bits per heavy atom. The fourth-order valence-electron chi connectivity index (χ4n) is 2.92. The molecule has 0 aliphatic carbocycles. The van der Waals surface area contributed by atoms with E-state index in [1.54, 1.807) is 30.5 Å². The van der Waals surface area contributed by atoms with Crippen molar-refractivity contribution in [1.29, 1.82) is 0 Å². The normalized spacial score (nSPS) is 10.6. The molecular weight excluding hydrogens is 350 g/mol. The number of para-hydroxylation sites is 1. The van der Waals surface area contributed by atoms with Gasteiger partial charge in [0.25, 0.3) is 0 Å². The lowest BCUT2D eigenvalue weighted by Gasteiger charge is -2.08. The van der Waals surface area contributed by atoms with Crippen LogP contribution in [0.2, 0.25) is 0 Å². The molecule has 1 N–H and O–H groups in total. The zero-order valence-corrected chi connectivity index (χ0v) is 15.6. The molecular formula is C24H21NO3. The van der Waals surface area contributed by atoms with Crippen LogP contribution in [-0.4, -0.2) is 18.9 Å². The number of allylic oxidation sites excluding steroid dienone is 1. The van der Waals surface area contributed by atoms with Crippen LogP contribution >= 0.6 is 0 Å². The summed E-state index contributed by atoms with van der Waals surface area (Å²) in [5.41, 5.74) is 3.77. The van der Waals surface area contributed by atoms with E-state index < -0.39 is 5.97 Å². The molecule has 0 heterocycles. The van der Waals surface area contributed by atoms with Crippen LogP contribution in [0.5, 0.6) is 0 Å². The highest BCUT2D eigenvalue weighted by Gasteiger charge is 2.11. The van der Waals surface area contributed by atoms with E-state index in [2.05, 4.69) is 5.32 Å². The maximum atomic E-state index is 12.7. The molecule has 0 amide bonds. The lowest BCUT2D eigenvalue weighted by molar-refractivity contribution is 0.0601. The molecule has 0 unspecified atom stereocenters. The van der Waals surface area contributed by atoms with Crippen LogP contribution in [-0.2, 0) is 11.2 Å². The number of methoxy groups -OCH3 is 1. The van der Waals surface area contributed by atoms with Crippen LogP contribution in [0.25, 0.3) is 0 Å². The smallest absolute Gasteiger partial charge is 0.339 e. The third-order valence-corrected chi connectivity index (χ3v) is 4.33. The lowest BCUT2D eigenvalue weighted by atomic mass is 9.97. The third kappa shape index (κ3) is 4.74. The molecule has 0 aliphatic heterocycles. The van der Waals surface area contributed by atoms with Gasteiger partial charge in [-0.3, -0.25) is 4.79 Å². The van der Waals surface area contributed by atoms with Gasteiger partial charge >= 0.3 is 5.97 Å². The molecule has 0 atom stereocenters. The molecule has 0 spiro atoms. The zero-order chi connectivity index (χ0) is 19.8. The molecule has 140 valence electrons. The molecule has 0 radical (unpaired) electrons. The second kappa shape index (κ2) is 9.33. The summed E-state index contributed by atoms with van der Waals surface area (Å²) in [6.07, 6.45) is 3.70. The van der Waals surface area contributed by atoms with Crippen molar-refractivity contribution in [3.05, 3.63) is 113 Å².